The minimum absolute atomic E-state index is 0.117. The van der Waals surface area contributed by atoms with Crippen molar-refractivity contribution in [2.24, 2.45) is 11.8 Å². The van der Waals surface area contributed by atoms with E-state index in [1.54, 1.807) is 27.7 Å². The van der Waals surface area contributed by atoms with Crippen LogP contribution in [0.3, 0.4) is 0 Å². The van der Waals surface area contributed by atoms with Crippen LogP contribution in [-0.2, 0) is 24.0 Å². The normalized spacial score (nSPS) is 29.1. The van der Waals surface area contributed by atoms with Crippen molar-refractivity contribution in [3.63, 3.8) is 0 Å². The van der Waals surface area contributed by atoms with Crippen molar-refractivity contribution in [3.05, 3.63) is 0 Å². The fourth-order valence-corrected chi connectivity index (χ4v) is 6.12. The highest BCUT2D eigenvalue weighted by Gasteiger charge is 2.39. The molecule has 12 nitrogen and oxygen atoms in total. The highest BCUT2D eigenvalue weighted by molar-refractivity contribution is 5.97. The first-order valence-corrected chi connectivity index (χ1v) is 16.3. The van der Waals surface area contributed by atoms with E-state index in [1.807, 2.05) is 0 Å². The molecule has 12 heteroatoms. The third-order valence-electron chi connectivity index (χ3n) is 9.11. The molecule has 2 heterocycles. The van der Waals surface area contributed by atoms with Crippen LogP contribution in [0, 0.1) is 11.8 Å². The minimum atomic E-state index is -1.36. The molecule has 0 aromatic heterocycles. The van der Waals surface area contributed by atoms with Gasteiger partial charge in [-0.1, -0.05) is 52.9 Å². The van der Waals surface area contributed by atoms with E-state index in [1.165, 1.54) is 6.42 Å². The molecule has 2 saturated heterocycles. The third kappa shape index (κ3) is 10.4. The maximum absolute atomic E-state index is 13.8. The van der Waals surface area contributed by atoms with E-state index in [0.717, 1.165) is 38.8 Å². The van der Waals surface area contributed by atoms with Crippen molar-refractivity contribution in [1.29, 1.82) is 0 Å². The smallest absolute Gasteiger partial charge is 0.246 e. The number of hydrogen-bond acceptors (Lipinski definition) is 7. The molecule has 1 aliphatic carbocycles. The van der Waals surface area contributed by atoms with Crippen LogP contribution in [0.2, 0.25) is 0 Å². The molecule has 6 N–H and O–H groups in total. The quantitative estimate of drug-likeness (QED) is 0.198. The van der Waals surface area contributed by atoms with Gasteiger partial charge in [0.1, 0.15) is 23.7 Å². The summed E-state index contributed by atoms with van der Waals surface area (Å²) in [7, 11) is 2.06. The van der Waals surface area contributed by atoms with Gasteiger partial charge < -0.3 is 36.8 Å². The fraction of sp³-hybridized carbons (Fsp3) is 0.839. The van der Waals surface area contributed by atoms with Crippen LogP contribution in [0.5, 0.6) is 0 Å². The van der Waals surface area contributed by atoms with E-state index < -0.39 is 41.4 Å². The molecular formula is C31H55N7O5. The Morgan fingerprint density at radius 3 is 2.23 bits per heavy atom. The molecule has 0 radical (unpaired) electrons. The van der Waals surface area contributed by atoms with E-state index >= 15 is 0 Å². The standard InChI is InChI=1S/C31H55N7O5/c1-6-23-28(41)35-25(17-21-11-8-7-9-12-21)27(40)33-16-14-31(4,37-26(39)20(2)3)30(43)36-24(29(42)34-23)13-10-15-32-22-18-38(5)19-22/h20-25,32H,6-19H2,1-5H3,(H,33,40)(H,34,42)(H,35,41)(H,36,43)(H,37,39)/t23-,24-,25+,31+/m0/s1. The van der Waals surface area contributed by atoms with Crippen molar-refractivity contribution in [1.82, 2.24) is 36.8 Å². The summed E-state index contributed by atoms with van der Waals surface area (Å²) >= 11 is 0. The summed E-state index contributed by atoms with van der Waals surface area (Å²) in [6.07, 6.45) is 7.40. The molecule has 0 unspecified atom stereocenters. The molecule has 43 heavy (non-hydrogen) atoms. The van der Waals surface area contributed by atoms with E-state index in [2.05, 4.69) is 43.8 Å². The molecule has 1 saturated carbocycles. The van der Waals surface area contributed by atoms with Gasteiger partial charge in [-0.15, -0.1) is 0 Å². The summed E-state index contributed by atoms with van der Waals surface area (Å²) in [5.41, 5.74) is -1.36. The maximum atomic E-state index is 13.8. The van der Waals surface area contributed by atoms with Gasteiger partial charge in [0.2, 0.25) is 29.5 Å². The molecule has 4 atom stereocenters. The number of likely N-dealkylation sites (N-methyl/N-ethyl adjacent to an activating group) is 1. The average molecular weight is 606 g/mol. The van der Waals surface area contributed by atoms with Gasteiger partial charge in [-0.05, 0) is 58.5 Å². The molecule has 0 bridgehead atoms. The lowest BCUT2D eigenvalue weighted by Crippen LogP contribution is -2.63. The Labute approximate surface area is 257 Å². The first kappa shape index (κ1) is 34.8. The predicted octanol–water partition coefficient (Wildman–Crippen LogP) is 0.556. The molecular weight excluding hydrogens is 550 g/mol. The van der Waals surface area contributed by atoms with Gasteiger partial charge in [-0.3, -0.25) is 24.0 Å². The zero-order valence-electron chi connectivity index (χ0n) is 26.9. The van der Waals surface area contributed by atoms with Crippen LogP contribution in [-0.4, -0.2) is 97.4 Å². The number of hydrogen-bond donors (Lipinski definition) is 6. The van der Waals surface area contributed by atoms with Gasteiger partial charge in [0.15, 0.2) is 0 Å². The lowest BCUT2D eigenvalue weighted by molar-refractivity contribution is -0.138. The molecule has 5 amide bonds. The Kier molecular flexibility index (Phi) is 13.2. The number of carbonyl (C=O) groups is 5. The second kappa shape index (κ2) is 16.4. The van der Waals surface area contributed by atoms with Crippen molar-refractivity contribution in [3.8, 4) is 0 Å². The van der Waals surface area contributed by atoms with E-state index in [-0.39, 0.29) is 30.7 Å². The first-order chi connectivity index (χ1) is 20.4. The summed E-state index contributed by atoms with van der Waals surface area (Å²) in [4.78, 5) is 69.0. The maximum Gasteiger partial charge on any atom is 0.246 e. The molecule has 244 valence electrons. The van der Waals surface area contributed by atoms with Crippen molar-refractivity contribution < 1.29 is 24.0 Å². The zero-order valence-corrected chi connectivity index (χ0v) is 26.9. The highest BCUT2D eigenvalue weighted by Crippen LogP contribution is 2.27. The number of carbonyl (C=O) groups excluding carboxylic acids is 5. The molecule has 0 spiro atoms. The lowest BCUT2D eigenvalue weighted by Gasteiger charge is -2.37. The summed E-state index contributed by atoms with van der Waals surface area (Å²) in [6.45, 7) is 9.66. The first-order valence-electron chi connectivity index (χ1n) is 16.3. The van der Waals surface area contributed by atoms with Crippen molar-refractivity contribution >= 4 is 29.5 Å². The number of amides is 5. The van der Waals surface area contributed by atoms with E-state index in [4.69, 9.17) is 0 Å². The zero-order chi connectivity index (χ0) is 31.6. The number of likely N-dealkylation sites (tertiary alicyclic amines) is 1. The molecule has 0 aromatic carbocycles. The summed E-state index contributed by atoms with van der Waals surface area (Å²) in [5, 5.41) is 17.9. The Hall–Kier alpha value is -2.73. The topological polar surface area (TPSA) is 161 Å². The number of nitrogens with zero attached hydrogens (tertiary/aromatic N) is 1. The van der Waals surface area contributed by atoms with Crippen LogP contribution in [0.15, 0.2) is 0 Å². The van der Waals surface area contributed by atoms with Gasteiger partial charge in [0, 0.05) is 31.6 Å². The van der Waals surface area contributed by atoms with Crippen LogP contribution in [0.1, 0.15) is 91.9 Å². The van der Waals surface area contributed by atoms with Crippen LogP contribution >= 0.6 is 0 Å². The van der Waals surface area contributed by atoms with Gasteiger partial charge in [-0.25, -0.2) is 0 Å². The monoisotopic (exact) mass is 605 g/mol. The molecule has 3 aliphatic rings. The van der Waals surface area contributed by atoms with Crippen LogP contribution in [0.25, 0.3) is 0 Å². The highest BCUT2D eigenvalue weighted by atomic mass is 16.2. The van der Waals surface area contributed by atoms with Gasteiger partial charge >= 0.3 is 0 Å². The predicted molar refractivity (Wildman–Crippen MR) is 165 cm³/mol. The van der Waals surface area contributed by atoms with Crippen molar-refractivity contribution in [2.45, 2.75) is 122 Å². The lowest BCUT2D eigenvalue weighted by atomic mass is 9.84. The Balaban J connectivity index is 1.81. The second-order valence-electron chi connectivity index (χ2n) is 13.3. The van der Waals surface area contributed by atoms with Gasteiger partial charge in [-0.2, -0.15) is 0 Å². The number of nitrogens with one attached hydrogen (secondary N) is 6. The average Bonchev–Trinajstić information content (AvgIpc) is 2.95. The Bertz CT molecular complexity index is 980. The molecule has 3 rings (SSSR count). The Morgan fingerprint density at radius 2 is 1.60 bits per heavy atom. The Morgan fingerprint density at radius 1 is 0.953 bits per heavy atom. The van der Waals surface area contributed by atoms with E-state index in [0.29, 0.717) is 44.2 Å². The SMILES string of the molecule is CC[C@@H]1NC(=O)[C@H](CCCNC2CN(C)C2)NC(=O)[C@](C)(NC(=O)C(C)C)CCNC(=O)[C@@H](CC2CCCCC2)NC1=O. The largest absolute Gasteiger partial charge is 0.354 e. The van der Waals surface area contributed by atoms with Crippen LogP contribution < -0.4 is 31.9 Å². The van der Waals surface area contributed by atoms with Gasteiger partial charge in [0.05, 0.1) is 0 Å². The summed E-state index contributed by atoms with van der Waals surface area (Å²) < 4.78 is 0. The minimum Gasteiger partial charge on any atom is -0.354 e. The second-order valence-corrected chi connectivity index (χ2v) is 13.3. The number of rotatable bonds is 10. The summed E-state index contributed by atoms with van der Waals surface area (Å²) in [5.74, 6) is -2.01. The van der Waals surface area contributed by atoms with Gasteiger partial charge in [0.25, 0.3) is 0 Å². The fourth-order valence-electron chi connectivity index (χ4n) is 6.12. The summed E-state index contributed by atoms with van der Waals surface area (Å²) in [6, 6.07) is -2.09. The van der Waals surface area contributed by atoms with Crippen LogP contribution in [0.4, 0.5) is 0 Å². The molecule has 3 fully saturated rings. The van der Waals surface area contributed by atoms with Crippen molar-refractivity contribution in [2.75, 3.05) is 33.2 Å². The van der Waals surface area contributed by atoms with E-state index in [9.17, 15) is 24.0 Å². The molecule has 0 aromatic rings. The third-order valence-corrected chi connectivity index (χ3v) is 9.11. The molecule has 2 aliphatic heterocycles.